The van der Waals surface area contributed by atoms with Crippen LogP contribution in [0.15, 0.2) is 29.2 Å². The van der Waals surface area contributed by atoms with Crippen LogP contribution in [0.25, 0.3) is 0 Å². The molecule has 0 aromatic heterocycles. The largest absolute Gasteiger partial charge is 0.480 e. The molecule has 120 valence electrons. The lowest BCUT2D eigenvalue weighted by atomic mass is 10.1. The van der Waals surface area contributed by atoms with Crippen LogP contribution in [0, 0.1) is 5.41 Å². The third kappa shape index (κ3) is 3.57. The summed E-state index contributed by atoms with van der Waals surface area (Å²) in [7, 11) is -3.72. The zero-order valence-electron chi connectivity index (χ0n) is 11.5. The Kier molecular flexibility index (Phi) is 4.74. The summed E-state index contributed by atoms with van der Waals surface area (Å²) in [5, 5.41) is 11.7. The predicted molar refractivity (Wildman–Crippen MR) is 79.0 cm³/mol. The van der Waals surface area contributed by atoms with Gasteiger partial charge in [-0.15, -0.1) is 0 Å². The van der Waals surface area contributed by atoms with E-state index in [9.17, 15) is 18.0 Å². The first-order valence-corrected chi connectivity index (χ1v) is 8.41. The highest BCUT2D eigenvalue weighted by Gasteiger charge is 2.56. The molecule has 0 atom stereocenters. The van der Waals surface area contributed by atoms with Crippen molar-refractivity contribution in [2.75, 3.05) is 13.1 Å². The van der Waals surface area contributed by atoms with E-state index in [0.29, 0.717) is 17.9 Å². The van der Waals surface area contributed by atoms with Crippen molar-refractivity contribution in [2.45, 2.75) is 17.7 Å². The molecule has 1 aromatic carbocycles. The molecule has 0 saturated heterocycles. The molecular formula is C13H15ClN2O5S. The summed E-state index contributed by atoms with van der Waals surface area (Å²) in [6.45, 7) is -0.0378. The molecule has 1 fully saturated rings. The fraction of sp³-hybridized carbons (Fsp3) is 0.385. The number of aliphatic carboxylic acids is 1. The molecule has 0 aliphatic heterocycles. The summed E-state index contributed by atoms with van der Waals surface area (Å²) in [5.74, 6) is -1.73. The first-order valence-electron chi connectivity index (χ1n) is 6.55. The zero-order chi connectivity index (χ0) is 16.4. The number of carboxylic acid groups (broad SMARTS) is 1. The quantitative estimate of drug-likeness (QED) is 0.494. The molecule has 3 N–H and O–H groups in total. The van der Waals surface area contributed by atoms with Crippen LogP contribution in [-0.2, 0) is 19.6 Å². The highest BCUT2D eigenvalue weighted by atomic mass is 35.5. The third-order valence-electron chi connectivity index (χ3n) is 3.40. The number of carboxylic acids is 1. The Morgan fingerprint density at radius 2 is 1.95 bits per heavy atom. The van der Waals surface area contributed by atoms with Crippen molar-refractivity contribution in [1.82, 2.24) is 10.0 Å². The normalized spacial score (nSPS) is 16.0. The van der Waals surface area contributed by atoms with Gasteiger partial charge in [-0.2, -0.15) is 0 Å². The Labute approximate surface area is 132 Å². The van der Waals surface area contributed by atoms with E-state index in [1.807, 2.05) is 0 Å². The van der Waals surface area contributed by atoms with E-state index in [-0.39, 0.29) is 18.0 Å². The fourth-order valence-corrected chi connectivity index (χ4v) is 3.24. The first kappa shape index (κ1) is 16.7. The van der Waals surface area contributed by atoms with Gasteiger partial charge in [-0.05, 0) is 31.0 Å². The number of hydrogen-bond acceptors (Lipinski definition) is 4. The Hall–Kier alpha value is -1.64. The standard InChI is InChI=1S/C13H15ClN2O5S/c14-9-2-1-3-10(8-9)22(20,21)16-7-6-15-11(17)13(4-5-13)12(18)19/h1-3,8,16H,4-7H2,(H,15,17)(H,18,19). The van der Waals surface area contributed by atoms with Crippen molar-refractivity contribution < 1.29 is 23.1 Å². The van der Waals surface area contributed by atoms with Crippen LogP contribution in [0.1, 0.15) is 12.8 Å². The molecule has 0 heterocycles. The van der Waals surface area contributed by atoms with Gasteiger partial charge in [0, 0.05) is 18.1 Å². The number of nitrogens with one attached hydrogen (secondary N) is 2. The number of carbonyl (C=O) groups is 2. The lowest BCUT2D eigenvalue weighted by molar-refractivity contribution is -0.149. The van der Waals surface area contributed by atoms with Crippen molar-refractivity contribution in [2.24, 2.45) is 5.41 Å². The second-order valence-electron chi connectivity index (χ2n) is 5.00. The number of benzene rings is 1. The summed E-state index contributed by atoms with van der Waals surface area (Å²) in [5.41, 5.74) is -1.33. The Morgan fingerprint density at radius 3 is 2.50 bits per heavy atom. The van der Waals surface area contributed by atoms with Gasteiger partial charge in [-0.3, -0.25) is 9.59 Å². The molecule has 0 bridgehead atoms. The zero-order valence-corrected chi connectivity index (χ0v) is 13.1. The number of carbonyl (C=O) groups excluding carboxylic acids is 1. The predicted octanol–water partition coefficient (Wildman–Crippen LogP) is 0.599. The molecule has 0 unspecified atom stereocenters. The van der Waals surface area contributed by atoms with E-state index in [1.54, 1.807) is 6.07 Å². The molecule has 22 heavy (non-hydrogen) atoms. The molecule has 7 nitrogen and oxygen atoms in total. The maximum absolute atomic E-state index is 12.0. The van der Waals surface area contributed by atoms with Crippen LogP contribution >= 0.6 is 11.6 Å². The fourth-order valence-electron chi connectivity index (χ4n) is 1.91. The molecule has 2 rings (SSSR count). The minimum absolute atomic E-state index is 0.00760. The number of rotatable bonds is 7. The average Bonchev–Trinajstić information content (AvgIpc) is 3.25. The smallest absolute Gasteiger partial charge is 0.319 e. The highest BCUT2D eigenvalue weighted by Crippen LogP contribution is 2.45. The molecule has 1 amide bonds. The Morgan fingerprint density at radius 1 is 1.27 bits per heavy atom. The van der Waals surface area contributed by atoms with Gasteiger partial charge in [0.15, 0.2) is 0 Å². The van der Waals surface area contributed by atoms with Gasteiger partial charge in [0.1, 0.15) is 5.41 Å². The van der Waals surface area contributed by atoms with Crippen molar-refractivity contribution in [3.63, 3.8) is 0 Å². The SMILES string of the molecule is O=C(O)C1(C(=O)NCCNS(=O)(=O)c2cccc(Cl)c2)CC1. The topological polar surface area (TPSA) is 113 Å². The van der Waals surface area contributed by atoms with Crippen molar-refractivity contribution in [3.8, 4) is 0 Å². The summed E-state index contributed by atoms with van der Waals surface area (Å²) in [6.07, 6.45) is 0.616. The first-order chi connectivity index (χ1) is 10.3. The summed E-state index contributed by atoms with van der Waals surface area (Å²) < 4.78 is 26.3. The second kappa shape index (κ2) is 6.23. The highest BCUT2D eigenvalue weighted by molar-refractivity contribution is 7.89. The van der Waals surface area contributed by atoms with E-state index in [1.165, 1.54) is 18.2 Å². The molecule has 0 spiro atoms. The van der Waals surface area contributed by atoms with E-state index >= 15 is 0 Å². The average molecular weight is 347 g/mol. The van der Waals surface area contributed by atoms with E-state index in [4.69, 9.17) is 16.7 Å². The van der Waals surface area contributed by atoms with Crippen LogP contribution in [0.4, 0.5) is 0 Å². The van der Waals surface area contributed by atoms with Crippen LogP contribution < -0.4 is 10.0 Å². The Balaban J connectivity index is 1.84. The lowest BCUT2D eigenvalue weighted by Crippen LogP contribution is -2.41. The molecule has 9 heteroatoms. The van der Waals surface area contributed by atoms with E-state index in [2.05, 4.69) is 10.0 Å². The van der Waals surface area contributed by atoms with Crippen molar-refractivity contribution >= 4 is 33.5 Å². The van der Waals surface area contributed by atoms with Gasteiger partial charge in [-0.25, -0.2) is 13.1 Å². The van der Waals surface area contributed by atoms with Gasteiger partial charge in [0.05, 0.1) is 4.90 Å². The second-order valence-corrected chi connectivity index (χ2v) is 7.20. The molecular weight excluding hydrogens is 332 g/mol. The minimum atomic E-state index is -3.72. The summed E-state index contributed by atoms with van der Waals surface area (Å²) in [6, 6.07) is 5.78. The number of hydrogen-bond donors (Lipinski definition) is 3. The summed E-state index contributed by atoms with van der Waals surface area (Å²) in [4.78, 5) is 22.7. The van der Waals surface area contributed by atoms with Gasteiger partial charge in [-0.1, -0.05) is 17.7 Å². The number of amides is 1. The minimum Gasteiger partial charge on any atom is -0.480 e. The monoisotopic (exact) mass is 346 g/mol. The van der Waals surface area contributed by atoms with Gasteiger partial charge >= 0.3 is 5.97 Å². The lowest BCUT2D eigenvalue weighted by Gasteiger charge is -2.11. The van der Waals surface area contributed by atoms with E-state index < -0.39 is 27.3 Å². The van der Waals surface area contributed by atoms with Crippen LogP contribution in [0.2, 0.25) is 5.02 Å². The van der Waals surface area contributed by atoms with E-state index in [0.717, 1.165) is 0 Å². The van der Waals surface area contributed by atoms with Crippen LogP contribution in [0.5, 0.6) is 0 Å². The molecule has 1 aromatic rings. The molecule has 1 saturated carbocycles. The maximum Gasteiger partial charge on any atom is 0.319 e. The maximum atomic E-state index is 12.0. The molecule has 1 aliphatic carbocycles. The van der Waals surface area contributed by atoms with Gasteiger partial charge in [0.25, 0.3) is 0 Å². The summed E-state index contributed by atoms with van der Waals surface area (Å²) >= 11 is 5.74. The number of sulfonamides is 1. The van der Waals surface area contributed by atoms with Crippen LogP contribution in [0.3, 0.4) is 0 Å². The number of halogens is 1. The molecule has 0 radical (unpaired) electrons. The third-order valence-corrected chi connectivity index (χ3v) is 5.10. The van der Waals surface area contributed by atoms with Crippen LogP contribution in [-0.4, -0.2) is 38.5 Å². The Bertz CT molecular complexity index is 700. The van der Waals surface area contributed by atoms with Gasteiger partial charge < -0.3 is 10.4 Å². The molecule has 1 aliphatic rings. The van der Waals surface area contributed by atoms with Gasteiger partial charge in [0.2, 0.25) is 15.9 Å². The van der Waals surface area contributed by atoms with Crippen molar-refractivity contribution in [1.29, 1.82) is 0 Å². The van der Waals surface area contributed by atoms with Crippen molar-refractivity contribution in [3.05, 3.63) is 29.3 Å².